The Morgan fingerprint density at radius 1 is 1.39 bits per heavy atom. The second-order valence-electron chi connectivity index (χ2n) is 4.04. The Labute approximate surface area is 103 Å². The highest BCUT2D eigenvalue weighted by atomic mass is 16.3. The van der Waals surface area contributed by atoms with Crippen molar-refractivity contribution in [1.29, 1.82) is 0 Å². The molecule has 0 unspecified atom stereocenters. The van der Waals surface area contributed by atoms with Crippen molar-refractivity contribution in [1.82, 2.24) is 20.3 Å². The third-order valence-corrected chi connectivity index (χ3v) is 2.83. The Hall–Kier alpha value is -1.70. The van der Waals surface area contributed by atoms with Gasteiger partial charge in [0.1, 0.15) is 5.52 Å². The smallest absolute Gasteiger partial charge is 0.275 e. The van der Waals surface area contributed by atoms with Crippen molar-refractivity contribution < 1.29 is 10.2 Å². The fraction of sp³-hybridized carbons (Fsp3) is 0.455. The molecule has 0 aliphatic rings. The number of nitrogens with one attached hydrogen (secondary N) is 3. The molecule has 0 aliphatic carbocycles. The molecule has 2 rings (SSSR count). The average molecular weight is 252 g/mol. The van der Waals surface area contributed by atoms with E-state index in [0.717, 1.165) is 5.56 Å². The lowest BCUT2D eigenvalue weighted by Gasteiger charge is -2.14. The highest BCUT2D eigenvalue weighted by Crippen LogP contribution is 2.11. The number of aromatic amines is 2. The zero-order chi connectivity index (χ0) is 13.0. The molecule has 2 aromatic rings. The van der Waals surface area contributed by atoms with Crippen molar-refractivity contribution >= 4 is 11.0 Å². The van der Waals surface area contributed by atoms with Crippen molar-refractivity contribution in [3.8, 4) is 0 Å². The number of fused-ring (bicyclic) bond motifs is 1. The van der Waals surface area contributed by atoms with E-state index in [-0.39, 0.29) is 24.8 Å². The van der Waals surface area contributed by atoms with Gasteiger partial charge in [-0.3, -0.25) is 4.79 Å². The Morgan fingerprint density at radius 2 is 2.22 bits per heavy atom. The van der Waals surface area contributed by atoms with Gasteiger partial charge in [-0.2, -0.15) is 0 Å². The summed E-state index contributed by atoms with van der Waals surface area (Å²) in [7, 11) is 0. The summed E-state index contributed by atoms with van der Waals surface area (Å²) in [6.45, 7) is 0.447. The molecule has 0 spiro atoms. The molecule has 0 bridgehead atoms. The first-order valence-electron chi connectivity index (χ1n) is 5.75. The van der Waals surface area contributed by atoms with Crippen LogP contribution in [0.15, 0.2) is 17.3 Å². The number of aliphatic hydroxyl groups is 2. The van der Waals surface area contributed by atoms with Crippen LogP contribution in [0.4, 0.5) is 0 Å². The standard InChI is InChI=1S/C11H16N4O3/c16-2-1-8(5-17)12-3-7-4-13-10-9(7)14-6-15-11(10)18/h4,6,8,12-13,16-17H,1-3,5H2,(H,14,15,18)/t8-/m0/s1. The van der Waals surface area contributed by atoms with Gasteiger partial charge < -0.3 is 25.5 Å². The molecule has 0 saturated carbocycles. The lowest BCUT2D eigenvalue weighted by Crippen LogP contribution is -2.32. The lowest BCUT2D eigenvalue weighted by atomic mass is 10.2. The summed E-state index contributed by atoms with van der Waals surface area (Å²) < 4.78 is 0. The predicted molar refractivity (Wildman–Crippen MR) is 66.1 cm³/mol. The van der Waals surface area contributed by atoms with E-state index in [4.69, 9.17) is 10.2 Å². The quantitative estimate of drug-likeness (QED) is 0.456. The van der Waals surface area contributed by atoms with Crippen LogP contribution >= 0.6 is 0 Å². The highest BCUT2D eigenvalue weighted by molar-refractivity contribution is 5.77. The Bertz CT molecular complexity index is 563. The van der Waals surface area contributed by atoms with Crippen molar-refractivity contribution in [2.24, 2.45) is 0 Å². The summed E-state index contributed by atoms with van der Waals surface area (Å²) in [6.07, 6.45) is 3.55. The summed E-state index contributed by atoms with van der Waals surface area (Å²) >= 11 is 0. The van der Waals surface area contributed by atoms with Gasteiger partial charge in [0.15, 0.2) is 0 Å². The SMILES string of the molecule is O=c1[nH]cnc2c(CN[C@H](CO)CCO)c[nH]c12. The van der Waals surface area contributed by atoms with E-state index < -0.39 is 0 Å². The zero-order valence-corrected chi connectivity index (χ0v) is 9.81. The first-order valence-corrected chi connectivity index (χ1v) is 5.75. The number of nitrogens with zero attached hydrogens (tertiary/aromatic N) is 1. The van der Waals surface area contributed by atoms with E-state index in [9.17, 15) is 4.79 Å². The van der Waals surface area contributed by atoms with Crippen LogP contribution in [0.2, 0.25) is 0 Å². The van der Waals surface area contributed by atoms with Crippen molar-refractivity contribution in [3.63, 3.8) is 0 Å². The van der Waals surface area contributed by atoms with E-state index >= 15 is 0 Å². The summed E-state index contributed by atoms with van der Waals surface area (Å²) in [4.78, 5) is 20.9. The number of aliphatic hydroxyl groups excluding tert-OH is 2. The van der Waals surface area contributed by atoms with Crippen LogP contribution in [-0.2, 0) is 6.54 Å². The van der Waals surface area contributed by atoms with Crippen LogP contribution in [0.3, 0.4) is 0 Å². The minimum absolute atomic E-state index is 0.0179. The van der Waals surface area contributed by atoms with E-state index in [2.05, 4.69) is 20.3 Å². The molecule has 0 aliphatic heterocycles. The first kappa shape index (κ1) is 12.7. The minimum Gasteiger partial charge on any atom is -0.396 e. The third kappa shape index (κ3) is 2.58. The molecule has 2 aromatic heterocycles. The van der Waals surface area contributed by atoms with E-state index in [1.54, 1.807) is 6.20 Å². The second kappa shape index (κ2) is 5.76. The number of rotatable bonds is 6. The molecule has 7 nitrogen and oxygen atoms in total. The molecule has 0 aromatic carbocycles. The summed E-state index contributed by atoms with van der Waals surface area (Å²) in [5.74, 6) is 0. The molecule has 7 heteroatoms. The minimum atomic E-state index is -0.208. The van der Waals surface area contributed by atoms with Gasteiger partial charge in [0.05, 0.1) is 18.5 Å². The van der Waals surface area contributed by atoms with Crippen molar-refractivity contribution in [3.05, 3.63) is 28.4 Å². The van der Waals surface area contributed by atoms with Gasteiger partial charge in [0.2, 0.25) is 0 Å². The molecule has 18 heavy (non-hydrogen) atoms. The summed E-state index contributed by atoms with van der Waals surface area (Å²) in [5, 5.41) is 21.0. The topological polar surface area (TPSA) is 114 Å². The van der Waals surface area contributed by atoms with Gasteiger partial charge in [-0.05, 0) is 6.42 Å². The van der Waals surface area contributed by atoms with Gasteiger partial charge in [-0.1, -0.05) is 0 Å². The molecular formula is C11H16N4O3. The van der Waals surface area contributed by atoms with Gasteiger partial charge in [-0.25, -0.2) is 4.98 Å². The Morgan fingerprint density at radius 3 is 2.94 bits per heavy atom. The average Bonchev–Trinajstić information content (AvgIpc) is 2.79. The molecular weight excluding hydrogens is 236 g/mol. The maximum atomic E-state index is 11.5. The molecule has 1 atom stereocenters. The van der Waals surface area contributed by atoms with Crippen LogP contribution in [-0.4, -0.2) is 44.4 Å². The normalized spacial score (nSPS) is 13.0. The Kier molecular flexibility index (Phi) is 4.08. The molecule has 0 saturated heterocycles. The molecule has 0 amide bonds. The van der Waals surface area contributed by atoms with Crippen LogP contribution in [0.25, 0.3) is 11.0 Å². The molecule has 98 valence electrons. The number of aromatic nitrogens is 3. The monoisotopic (exact) mass is 252 g/mol. The number of hydrogen-bond donors (Lipinski definition) is 5. The second-order valence-corrected chi connectivity index (χ2v) is 4.04. The van der Waals surface area contributed by atoms with Crippen LogP contribution in [0.5, 0.6) is 0 Å². The fourth-order valence-electron chi connectivity index (χ4n) is 1.81. The third-order valence-electron chi connectivity index (χ3n) is 2.83. The maximum absolute atomic E-state index is 11.5. The molecule has 5 N–H and O–H groups in total. The lowest BCUT2D eigenvalue weighted by molar-refractivity contribution is 0.200. The van der Waals surface area contributed by atoms with Gasteiger partial charge >= 0.3 is 0 Å². The summed E-state index contributed by atoms with van der Waals surface area (Å²) in [5.41, 5.74) is 1.71. The van der Waals surface area contributed by atoms with Crippen LogP contribution in [0, 0.1) is 0 Å². The van der Waals surface area contributed by atoms with Gasteiger partial charge in [-0.15, -0.1) is 0 Å². The van der Waals surface area contributed by atoms with E-state index in [0.29, 0.717) is 24.0 Å². The van der Waals surface area contributed by atoms with Crippen molar-refractivity contribution in [2.75, 3.05) is 13.2 Å². The van der Waals surface area contributed by atoms with E-state index in [1.165, 1.54) is 6.33 Å². The van der Waals surface area contributed by atoms with Crippen LogP contribution < -0.4 is 10.9 Å². The zero-order valence-electron chi connectivity index (χ0n) is 9.81. The van der Waals surface area contributed by atoms with Crippen molar-refractivity contribution in [2.45, 2.75) is 19.0 Å². The fourth-order valence-corrected chi connectivity index (χ4v) is 1.81. The molecule has 0 fully saturated rings. The predicted octanol–water partition coefficient (Wildman–Crippen LogP) is -0.916. The molecule has 0 radical (unpaired) electrons. The largest absolute Gasteiger partial charge is 0.396 e. The summed E-state index contributed by atoms with van der Waals surface area (Å²) in [6, 6.07) is -0.165. The molecule has 2 heterocycles. The number of H-pyrrole nitrogens is 2. The first-order chi connectivity index (χ1) is 8.76. The van der Waals surface area contributed by atoms with E-state index in [1.807, 2.05) is 0 Å². The maximum Gasteiger partial charge on any atom is 0.275 e. The van der Waals surface area contributed by atoms with Gasteiger partial charge in [0, 0.05) is 31.0 Å². The highest BCUT2D eigenvalue weighted by Gasteiger charge is 2.10. The van der Waals surface area contributed by atoms with Gasteiger partial charge in [0.25, 0.3) is 5.56 Å². The number of hydrogen-bond acceptors (Lipinski definition) is 5. The Balaban J connectivity index is 2.12. The van der Waals surface area contributed by atoms with Crippen LogP contribution in [0.1, 0.15) is 12.0 Å².